The Kier molecular flexibility index (Phi) is 4.02. The van der Waals surface area contributed by atoms with Crippen LogP contribution in [0.25, 0.3) is 0 Å². The molecule has 5 heteroatoms. The van der Waals surface area contributed by atoms with Crippen molar-refractivity contribution in [2.45, 2.75) is 0 Å². The predicted molar refractivity (Wildman–Crippen MR) is 72.4 cm³/mol. The molecule has 0 fully saturated rings. The van der Waals surface area contributed by atoms with E-state index in [-0.39, 0.29) is 10.6 Å². The Morgan fingerprint density at radius 3 is 2.74 bits per heavy atom. The Hall–Kier alpha value is -2.07. The molecule has 0 aliphatic rings. The second-order valence-corrected chi connectivity index (χ2v) is 4.19. The van der Waals surface area contributed by atoms with Crippen molar-refractivity contribution in [1.82, 2.24) is 0 Å². The summed E-state index contributed by atoms with van der Waals surface area (Å²) in [6.45, 7) is 0. The number of hydrogen-bond acceptors (Lipinski definition) is 2. The molecule has 0 aromatic heterocycles. The van der Waals surface area contributed by atoms with Gasteiger partial charge in [-0.2, -0.15) is 0 Å². The molecule has 98 valence electrons. The highest BCUT2D eigenvalue weighted by Gasteiger charge is 2.13. The summed E-state index contributed by atoms with van der Waals surface area (Å²) >= 11 is 5.87. The van der Waals surface area contributed by atoms with Gasteiger partial charge in [-0.15, -0.1) is 0 Å². The number of carbonyl (C=O) groups is 1. The number of amides is 1. The van der Waals surface area contributed by atoms with Crippen LogP contribution in [0.2, 0.25) is 5.02 Å². The van der Waals surface area contributed by atoms with Gasteiger partial charge in [0, 0.05) is 0 Å². The van der Waals surface area contributed by atoms with Gasteiger partial charge in [-0.1, -0.05) is 23.7 Å². The van der Waals surface area contributed by atoms with Gasteiger partial charge >= 0.3 is 0 Å². The molecule has 0 heterocycles. The number of para-hydroxylation sites is 2. The Bertz CT molecular complexity index is 616. The van der Waals surface area contributed by atoms with E-state index in [1.54, 1.807) is 24.3 Å². The second kappa shape index (κ2) is 5.71. The number of anilines is 1. The highest BCUT2D eigenvalue weighted by Crippen LogP contribution is 2.25. The number of halogens is 2. The molecule has 2 aromatic rings. The first-order chi connectivity index (χ1) is 9.11. The molecule has 0 aliphatic carbocycles. The van der Waals surface area contributed by atoms with Crippen molar-refractivity contribution >= 4 is 23.2 Å². The maximum absolute atomic E-state index is 13.1. The zero-order chi connectivity index (χ0) is 13.8. The van der Waals surface area contributed by atoms with Crippen LogP contribution in [0, 0.1) is 5.82 Å². The maximum Gasteiger partial charge on any atom is 0.257 e. The van der Waals surface area contributed by atoms with Gasteiger partial charge in [0.1, 0.15) is 11.6 Å². The molecule has 0 atom stereocenters. The minimum absolute atomic E-state index is 0.0765. The van der Waals surface area contributed by atoms with Gasteiger partial charge in [-0.3, -0.25) is 4.79 Å². The van der Waals surface area contributed by atoms with Crippen LogP contribution >= 0.6 is 11.6 Å². The molecule has 0 unspecified atom stereocenters. The van der Waals surface area contributed by atoms with Gasteiger partial charge in [0.05, 0.1) is 23.4 Å². The van der Waals surface area contributed by atoms with E-state index in [0.29, 0.717) is 11.4 Å². The van der Waals surface area contributed by atoms with Crippen molar-refractivity contribution in [1.29, 1.82) is 0 Å². The minimum Gasteiger partial charge on any atom is -0.495 e. The van der Waals surface area contributed by atoms with Crippen LogP contribution in [0.5, 0.6) is 5.75 Å². The largest absolute Gasteiger partial charge is 0.495 e. The third kappa shape index (κ3) is 3.03. The van der Waals surface area contributed by atoms with Gasteiger partial charge in [0.2, 0.25) is 0 Å². The molecule has 3 nitrogen and oxygen atoms in total. The smallest absolute Gasteiger partial charge is 0.257 e. The molecule has 0 saturated carbocycles. The van der Waals surface area contributed by atoms with E-state index in [9.17, 15) is 9.18 Å². The number of benzene rings is 2. The lowest BCUT2D eigenvalue weighted by molar-refractivity contribution is 0.102. The molecule has 2 aromatic carbocycles. The molecule has 0 bridgehead atoms. The average molecular weight is 280 g/mol. The first-order valence-corrected chi connectivity index (χ1v) is 5.89. The summed E-state index contributed by atoms with van der Waals surface area (Å²) < 4.78 is 18.2. The third-order valence-corrected chi connectivity index (χ3v) is 2.86. The van der Waals surface area contributed by atoms with Gasteiger partial charge in [0.15, 0.2) is 0 Å². The molecule has 1 N–H and O–H groups in total. The fraction of sp³-hybridized carbons (Fsp3) is 0.0714. The van der Waals surface area contributed by atoms with Crippen LogP contribution in [-0.2, 0) is 0 Å². The summed E-state index contributed by atoms with van der Waals surface area (Å²) in [5.41, 5.74) is 0.572. The highest BCUT2D eigenvalue weighted by molar-refractivity contribution is 6.34. The van der Waals surface area contributed by atoms with E-state index < -0.39 is 11.7 Å². The van der Waals surface area contributed by atoms with Crippen LogP contribution in [0.15, 0.2) is 42.5 Å². The average Bonchev–Trinajstić information content (AvgIpc) is 2.42. The lowest BCUT2D eigenvalue weighted by Crippen LogP contribution is -2.13. The van der Waals surface area contributed by atoms with Crippen molar-refractivity contribution in [3.05, 3.63) is 58.9 Å². The highest BCUT2D eigenvalue weighted by atomic mass is 35.5. The van der Waals surface area contributed by atoms with E-state index in [1.165, 1.54) is 19.2 Å². The first kappa shape index (κ1) is 13.4. The lowest BCUT2D eigenvalue weighted by Gasteiger charge is -2.10. The normalized spacial score (nSPS) is 10.1. The number of carbonyl (C=O) groups excluding carboxylic acids is 1. The van der Waals surface area contributed by atoms with Crippen LogP contribution in [-0.4, -0.2) is 13.0 Å². The molecule has 0 spiro atoms. The van der Waals surface area contributed by atoms with Crippen molar-refractivity contribution < 1.29 is 13.9 Å². The van der Waals surface area contributed by atoms with Gasteiger partial charge in [0.25, 0.3) is 5.91 Å². The topological polar surface area (TPSA) is 38.3 Å². The van der Waals surface area contributed by atoms with E-state index in [2.05, 4.69) is 5.32 Å². The molecule has 0 aliphatic heterocycles. The molecule has 0 radical (unpaired) electrons. The molecule has 0 saturated heterocycles. The van der Waals surface area contributed by atoms with Crippen molar-refractivity contribution in [3.8, 4) is 5.75 Å². The molecular weight excluding hydrogens is 269 g/mol. The molecular formula is C14H11ClFNO2. The minimum atomic E-state index is -0.519. The van der Waals surface area contributed by atoms with E-state index >= 15 is 0 Å². The summed E-state index contributed by atoms with van der Waals surface area (Å²) in [6.07, 6.45) is 0. The Labute approximate surface area is 115 Å². The summed E-state index contributed by atoms with van der Waals surface area (Å²) in [4.78, 5) is 12.0. The number of hydrogen-bond donors (Lipinski definition) is 1. The van der Waals surface area contributed by atoms with Crippen molar-refractivity contribution in [2.24, 2.45) is 0 Å². The number of methoxy groups -OCH3 is 1. The van der Waals surface area contributed by atoms with Gasteiger partial charge < -0.3 is 10.1 Å². The standard InChI is InChI=1S/C14H11ClFNO2/c1-19-13-5-3-2-4-12(13)17-14(18)10-8-9(16)6-7-11(10)15/h2-8H,1H3,(H,17,18). The van der Waals surface area contributed by atoms with E-state index in [4.69, 9.17) is 16.3 Å². The third-order valence-electron chi connectivity index (χ3n) is 2.53. The summed E-state index contributed by atoms with van der Waals surface area (Å²) in [7, 11) is 1.50. The van der Waals surface area contributed by atoms with E-state index in [1.807, 2.05) is 0 Å². The SMILES string of the molecule is COc1ccccc1NC(=O)c1cc(F)ccc1Cl. The summed E-state index contributed by atoms with van der Waals surface area (Å²) in [6, 6.07) is 10.6. The zero-order valence-electron chi connectivity index (χ0n) is 10.1. The Balaban J connectivity index is 2.28. The summed E-state index contributed by atoms with van der Waals surface area (Å²) in [5, 5.41) is 2.82. The number of nitrogens with one attached hydrogen (secondary N) is 1. The monoisotopic (exact) mass is 279 g/mol. The second-order valence-electron chi connectivity index (χ2n) is 3.78. The van der Waals surface area contributed by atoms with Crippen LogP contribution in [0.4, 0.5) is 10.1 Å². The van der Waals surface area contributed by atoms with E-state index in [0.717, 1.165) is 6.07 Å². The Morgan fingerprint density at radius 1 is 1.26 bits per heavy atom. The van der Waals surface area contributed by atoms with Crippen LogP contribution < -0.4 is 10.1 Å². The van der Waals surface area contributed by atoms with Gasteiger partial charge in [-0.25, -0.2) is 4.39 Å². The van der Waals surface area contributed by atoms with Gasteiger partial charge in [-0.05, 0) is 30.3 Å². The van der Waals surface area contributed by atoms with Crippen molar-refractivity contribution in [3.63, 3.8) is 0 Å². The van der Waals surface area contributed by atoms with Crippen LogP contribution in [0.1, 0.15) is 10.4 Å². The Morgan fingerprint density at radius 2 is 2.00 bits per heavy atom. The summed E-state index contributed by atoms with van der Waals surface area (Å²) in [5.74, 6) is -0.494. The zero-order valence-corrected chi connectivity index (χ0v) is 10.9. The quantitative estimate of drug-likeness (QED) is 0.929. The fourth-order valence-electron chi connectivity index (χ4n) is 1.61. The molecule has 19 heavy (non-hydrogen) atoms. The lowest BCUT2D eigenvalue weighted by atomic mass is 10.2. The van der Waals surface area contributed by atoms with Crippen LogP contribution in [0.3, 0.4) is 0 Å². The molecule has 1 amide bonds. The first-order valence-electron chi connectivity index (χ1n) is 5.51. The molecule has 2 rings (SSSR count). The fourth-order valence-corrected chi connectivity index (χ4v) is 1.81. The van der Waals surface area contributed by atoms with Crippen molar-refractivity contribution in [2.75, 3.05) is 12.4 Å². The maximum atomic E-state index is 13.1. The number of rotatable bonds is 3. The number of ether oxygens (including phenoxy) is 1. The predicted octanol–water partition coefficient (Wildman–Crippen LogP) is 3.74.